The first-order valence-corrected chi connectivity index (χ1v) is 9.85. The quantitative estimate of drug-likeness (QED) is 0.387. The number of thioether (sulfide) groups is 1. The largest absolute Gasteiger partial charge is 0.455 e. The number of carbonyl (C=O) groups excluding carboxylic acids is 3. The minimum atomic E-state index is -0.519. The Morgan fingerprint density at radius 1 is 1.35 bits per heavy atom. The van der Waals surface area contributed by atoms with Crippen molar-refractivity contribution in [3.63, 3.8) is 0 Å². The normalized spacial score (nSPS) is 10.5. The fourth-order valence-corrected chi connectivity index (χ4v) is 3.50. The zero-order chi connectivity index (χ0) is 18.9. The number of esters is 1. The Morgan fingerprint density at radius 3 is 2.92 bits per heavy atom. The van der Waals surface area contributed by atoms with Gasteiger partial charge in [0.1, 0.15) is 16.2 Å². The van der Waals surface area contributed by atoms with E-state index in [4.69, 9.17) is 4.74 Å². The van der Waals surface area contributed by atoms with Crippen LogP contribution in [-0.2, 0) is 19.1 Å². The Kier molecular flexibility index (Phi) is 7.79. The Hall–Kier alpha value is -2.20. The van der Waals surface area contributed by atoms with E-state index in [0.29, 0.717) is 11.6 Å². The van der Waals surface area contributed by atoms with Crippen molar-refractivity contribution in [2.24, 2.45) is 0 Å². The van der Waals surface area contributed by atoms with Crippen molar-refractivity contribution in [2.75, 3.05) is 32.5 Å². The molecule has 0 aliphatic carbocycles. The van der Waals surface area contributed by atoms with Gasteiger partial charge >= 0.3 is 5.97 Å². The van der Waals surface area contributed by atoms with Crippen molar-refractivity contribution in [1.82, 2.24) is 20.2 Å². The monoisotopic (exact) mass is 396 g/mol. The molecule has 0 aliphatic rings. The van der Waals surface area contributed by atoms with Crippen LogP contribution in [0.2, 0.25) is 0 Å². The first-order chi connectivity index (χ1) is 12.5. The molecule has 2 aromatic heterocycles. The summed E-state index contributed by atoms with van der Waals surface area (Å²) < 4.78 is 4.98. The molecule has 2 heterocycles. The summed E-state index contributed by atoms with van der Waals surface area (Å²) in [6.07, 6.45) is 2.28. The van der Waals surface area contributed by atoms with E-state index < -0.39 is 18.5 Å². The molecule has 2 rings (SSSR count). The molecule has 0 radical (unpaired) electrons. The van der Waals surface area contributed by atoms with Gasteiger partial charge in [0.25, 0.3) is 5.91 Å². The van der Waals surface area contributed by atoms with Crippen LogP contribution < -0.4 is 5.32 Å². The Bertz CT molecular complexity index is 780. The number of carbonyl (C=O) groups is 3. The van der Waals surface area contributed by atoms with E-state index in [-0.39, 0.29) is 18.2 Å². The van der Waals surface area contributed by atoms with Gasteiger partial charge in [0.15, 0.2) is 6.61 Å². The predicted octanol–water partition coefficient (Wildman–Crippen LogP) is 1.31. The molecule has 0 aliphatic heterocycles. The van der Waals surface area contributed by atoms with E-state index in [1.165, 1.54) is 41.4 Å². The smallest absolute Gasteiger partial charge is 0.316 e. The molecular weight excluding hydrogens is 376 g/mol. The van der Waals surface area contributed by atoms with E-state index in [2.05, 4.69) is 15.3 Å². The standard InChI is InChI=1S/C16H20N4O4S2/c1-3-5-17-12(21)7-20(2)13(22)8-24-14(23)9-26-16-11-4-6-25-15(11)18-10-19-16/h4,6,10H,3,5,7-9H2,1-2H3,(H,17,21). The molecule has 26 heavy (non-hydrogen) atoms. The Labute approximate surface area is 159 Å². The van der Waals surface area contributed by atoms with Gasteiger partial charge in [-0.3, -0.25) is 14.4 Å². The second kappa shape index (κ2) is 10.1. The summed E-state index contributed by atoms with van der Waals surface area (Å²) in [5, 5.41) is 6.18. The highest BCUT2D eigenvalue weighted by Crippen LogP contribution is 2.27. The molecule has 140 valence electrons. The number of likely N-dealkylation sites (N-methyl/N-ethyl adjacent to an activating group) is 1. The lowest BCUT2D eigenvalue weighted by molar-refractivity contribution is -0.149. The number of nitrogens with zero attached hydrogens (tertiary/aromatic N) is 3. The molecule has 0 unspecified atom stereocenters. The third-order valence-electron chi connectivity index (χ3n) is 3.29. The van der Waals surface area contributed by atoms with Crippen molar-refractivity contribution in [3.8, 4) is 0 Å². The van der Waals surface area contributed by atoms with E-state index >= 15 is 0 Å². The van der Waals surface area contributed by atoms with E-state index in [9.17, 15) is 14.4 Å². The summed E-state index contributed by atoms with van der Waals surface area (Å²) in [4.78, 5) is 45.7. The fourth-order valence-electron chi connectivity index (χ4n) is 1.93. The second-order valence-corrected chi connectivity index (χ2v) is 7.23. The van der Waals surface area contributed by atoms with Crippen molar-refractivity contribution >= 4 is 51.1 Å². The number of aromatic nitrogens is 2. The lowest BCUT2D eigenvalue weighted by Crippen LogP contribution is -2.40. The van der Waals surface area contributed by atoms with Crippen LogP contribution in [-0.4, -0.2) is 65.1 Å². The molecule has 0 saturated heterocycles. The maximum Gasteiger partial charge on any atom is 0.316 e. The fraction of sp³-hybridized carbons (Fsp3) is 0.438. The minimum Gasteiger partial charge on any atom is -0.455 e. The highest BCUT2D eigenvalue weighted by molar-refractivity contribution is 8.00. The molecule has 0 atom stereocenters. The van der Waals surface area contributed by atoms with Crippen molar-refractivity contribution in [2.45, 2.75) is 18.4 Å². The summed E-state index contributed by atoms with van der Waals surface area (Å²) in [7, 11) is 1.49. The van der Waals surface area contributed by atoms with Crippen LogP contribution in [0.15, 0.2) is 22.8 Å². The molecule has 1 N–H and O–H groups in total. The maximum absolute atomic E-state index is 11.9. The summed E-state index contributed by atoms with van der Waals surface area (Å²) in [6.45, 7) is 2.04. The van der Waals surface area contributed by atoms with Gasteiger partial charge in [-0.05, 0) is 17.9 Å². The lowest BCUT2D eigenvalue weighted by atomic mass is 10.4. The zero-order valence-corrected chi connectivity index (χ0v) is 16.2. The molecule has 2 aromatic rings. The van der Waals surface area contributed by atoms with Gasteiger partial charge in [-0.15, -0.1) is 11.3 Å². The Balaban J connectivity index is 1.73. The number of amides is 2. The van der Waals surface area contributed by atoms with Gasteiger partial charge < -0.3 is 15.0 Å². The summed E-state index contributed by atoms with van der Waals surface area (Å²) in [5.74, 6) is -1.16. The van der Waals surface area contributed by atoms with Crippen LogP contribution in [0.25, 0.3) is 10.2 Å². The second-order valence-electron chi connectivity index (χ2n) is 5.37. The molecule has 0 bridgehead atoms. The summed E-state index contributed by atoms with van der Waals surface area (Å²) >= 11 is 2.73. The third kappa shape index (κ3) is 5.95. The molecule has 0 fully saturated rings. The topological polar surface area (TPSA) is 101 Å². The molecule has 0 spiro atoms. The number of thiophene rings is 1. The first-order valence-electron chi connectivity index (χ1n) is 7.98. The number of hydrogen-bond acceptors (Lipinski definition) is 8. The number of nitrogens with one attached hydrogen (secondary N) is 1. The minimum absolute atomic E-state index is 0.0376. The average Bonchev–Trinajstić information content (AvgIpc) is 3.11. The van der Waals surface area contributed by atoms with Crippen molar-refractivity contribution in [3.05, 3.63) is 17.8 Å². The summed E-state index contributed by atoms with van der Waals surface area (Å²) in [6, 6.07) is 1.90. The van der Waals surface area contributed by atoms with E-state index in [1.54, 1.807) is 0 Å². The number of fused-ring (bicyclic) bond motifs is 1. The zero-order valence-electron chi connectivity index (χ0n) is 14.6. The maximum atomic E-state index is 11.9. The van der Waals surface area contributed by atoms with Crippen LogP contribution >= 0.6 is 23.1 Å². The molecule has 2 amide bonds. The van der Waals surface area contributed by atoms with Crippen LogP contribution in [0.5, 0.6) is 0 Å². The molecular formula is C16H20N4O4S2. The van der Waals surface area contributed by atoms with Crippen molar-refractivity contribution in [1.29, 1.82) is 0 Å². The van der Waals surface area contributed by atoms with Crippen LogP contribution in [0.4, 0.5) is 0 Å². The van der Waals surface area contributed by atoms with Gasteiger partial charge in [0.2, 0.25) is 5.91 Å². The third-order valence-corrected chi connectivity index (χ3v) is 5.09. The van der Waals surface area contributed by atoms with Crippen LogP contribution in [0.3, 0.4) is 0 Å². The average molecular weight is 396 g/mol. The number of rotatable bonds is 9. The predicted molar refractivity (Wildman–Crippen MR) is 100 cm³/mol. The Morgan fingerprint density at radius 2 is 2.15 bits per heavy atom. The number of ether oxygens (including phenoxy) is 1. The van der Waals surface area contributed by atoms with Crippen LogP contribution in [0, 0.1) is 0 Å². The van der Waals surface area contributed by atoms with Gasteiger partial charge in [0.05, 0.1) is 12.3 Å². The summed E-state index contributed by atoms with van der Waals surface area (Å²) in [5.41, 5.74) is 0. The highest BCUT2D eigenvalue weighted by Gasteiger charge is 2.15. The SMILES string of the molecule is CCCNC(=O)CN(C)C(=O)COC(=O)CSc1ncnc2sccc12. The van der Waals surface area contributed by atoms with Gasteiger partial charge in [-0.2, -0.15) is 0 Å². The lowest BCUT2D eigenvalue weighted by Gasteiger charge is -2.16. The molecule has 10 heteroatoms. The molecule has 0 aromatic carbocycles. The van der Waals surface area contributed by atoms with Gasteiger partial charge in [0, 0.05) is 19.0 Å². The van der Waals surface area contributed by atoms with Crippen molar-refractivity contribution < 1.29 is 19.1 Å². The van der Waals surface area contributed by atoms with E-state index in [0.717, 1.165) is 16.6 Å². The van der Waals surface area contributed by atoms with Crippen LogP contribution in [0.1, 0.15) is 13.3 Å². The van der Waals surface area contributed by atoms with E-state index in [1.807, 2.05) is 18.4 Å². The first kappa shape index (κ1) is 20.1. The molecule has 0 saturated carbocycles. The number of hydrogen-bond donors (Lipinski definition) is 1. The highest BCUT2D eigenvalue weighted by atomic mass is 32.2. The van der Waals surface area contributed by atoms with Gasteiger partial charge in [-0.1, -0.05) is 18.7 Å². The molecule has 8 nitrogen and oxygen atoms in total. The van der Waals surface area contributed by atoms with Gasteiger partial charge in [-0.25, -0.2) is 9.97 Å².